The molecule has 0 aromatic carbocycles. The van der Waals surface area contributed by atoms with Crippen molar-refractivity contribution in [3.05, 3.63) is 0 Å². The summed E-state index contributed by atoms with van der Waals surface area (Å²) in [4.78, 5) is 16.8. The number of hydrogen-bond donors (Lipinski definition) is 1. The molecule has 1 aliphatic rings. The normalized spacial score (nSPS) is 19.3. The Labute approximate surface area is 124 Å². The number of carbonyl (C=O) groups excluding carboxylic acids is 1. The average molecular weight is 283 g/mol. The Hall–Kier alpha value is -0.610. The first-order valence-electron chi connectivity index (χ1n) is 8.42. The topological polar surface area (TPSA) is 35.6 Å². The van der Waals surface area contributed by atoms with Gasteiger partial charge in [0.15, 0.2) is 0 Å². The number of nitrogens with one attached hydrogen (secondary N) is 1. The number of piperidine rings is 1. The Kier molecular flexibility index (Phi) is 8.86. The van der Waals surface area contributed by atoms with Crippen LogP contribution in [0.3, 0.4) is 0 Å². The molecule has 20 heavy (non-hydrogen) atoms. The van der Waals surface area contributed by atoms with E-state index in [1.54, 1.807) is 0 Å². The van der Waals surface area contributed by atoms with E-state index >= 15 is 0 Å². The van der Waals surface area contributed by atoms with Crippen LogP contribution in [0.25, 0.3) is 0 Å². The van der Waals surface area contributed by atoms with Crippen molar-refractivity contribution in [2.75, 3.05) is 45.8 Å². The van der Waals surface area contributed by atoms with Gasteiger partial charge in [-0.2, -0.15) is 0 Å². The molecular weight excluding hydrogens is 250 g/mol. The zero-order valence-corrected chi connectivity index (χ0v) is 13.7. The summed E-state index contributed by atoms with van der Waals surface area (Å²) < 4.78 is 0. The van der Waals surface area contributed by atoms with Gasteiger partial charge in [0.2, 0.25) is 5.91 Å². The lowest BCUT2D eigenvalue weighted by atomic mass is 9.99. The van der Waals surface area contributed by atoms with E-state index in [2.05, 4.69) is 31.0 Å². The molecular formula is C16H33N3O. The smallest absolute Gasteiger partial charge is 0.236 e. The molecule has 0 spiro atoms. The van der Waals surface area contributed by atoms with Crippen molar-refractivity contribution in [1.82, 2.24) is 15.1 Å². The van der Waals surface area contributed by atoms with Crippen molar-refractivity contribution >= 4 is 5.91 Å². The first kappa shape index (κ1) is 17.4. The maximum Gasteiger partial charge on any atom is 0.236 e. The summed E-state index contributed by atoms with van der Waals surface area (Å²) >= 11 is 0. The Balaban J connectivity index is 2.41. The second kappa shape index (κ2) is 10.2. The summed E-state index contributed by atoms with van der Waals surface area (Å²) in [5.74, 6) is 1.02. The molecule has 1 heterocycles. The highest BCUT2D eigenvalue weighted by molar-refractivity contribution is 5.78. The number of hydrogen-bond acceptors (Lipinski definition) is 3. The molecule has 0 saturated carbocycles. The third-order valence-electron chi connectivity index (χ3n) is 4.06. The highest BCUT2D eigenvalue weighted by atomic mass is 16.2. The maximum absolute atomic E-state index is 12.4. The molecule has 1 amide bonds. The predicted molar refractivity (Wildman–Crippen MR) is 84.9 cm³/mol. The van der Waals surface area contributed by atoms with E-state index in [0.717, 1.165) is 52.1 Å². The van der Waals surface area contributed by atoms with Crippen LogP contribution in [0.4, 0.5) is 0 Å². The van der Waals surface area contributed by atoms with Gasteiger partial charge in [0.25, 0.3) is 0 Å². The SMILES string of the molecule is CCCN(CCC)C(=O)CN(CC)CC1CCCNC1. The molecule has 1 N–H and O–H groups in total. The Morgan fingerprint density at radius 2 is 1.90 bits per heavy atom. The molecule has 0 bridgehead atoms. The minimum absolute atomic E-state index is 0.305. The standard InChI is InChI=1S/C16H33N3O/c1-4-10-19(11-5-2)16(20)14-18(6-3)13-15-8-7-9-17-12-15/h15,17H,4-14H2,1-3H3. The van der Waals surface area contributed by atoms with Crippen molar-refractivity contribution in [2.24, 2.45) is 5.92 Å². The van der Waals surface area contributed by atoms with Gasteiger partial charge in [-0.15, -0.1) is 0 Å². The first-order chi connectivity index (χ1) is 9.71. The molecule has 1 rings (SSSR count). The molecule has 4 nitrogen and oxygen atoms in total. The van der Waals surface area contributed by atoms with Crippen LogP contribution in [0.2, 0.25) is 0 Å². The zero-order chi connectivity index (χ0) is 14.8. The number of carbonyl (C=O) groups is 1. The van der Waals surface area contributed by atoms with Gasteiger partial charge in [0, 0.05) is 19.6 Å². The third kappa shape index (κ3) is 6.23. The highest BCUT2D eigenvalue weighted by Gasteiger charge is 2.20. The Bertz CT molecular complexity index is 258. The van der Waals surface area contributed by atoms with E-state index in [1.807, 2.05) is 4.90 Å². The molecule has 118 valence electrons. The van der Waals surface area contributed by atoms with E-state index in [1.165, 1.54) is 12.8 Å². The van der Waals surface area contributed by atoms with Gasteiger partial charge in [-0.3, -0.25) is 9.69 Å². The van der Waals surface area contributed by atoms with Crippen molar-refractivity contribution in [3.63, 3.8) is 0 Å². The van der Waals surface area contributed by atoms with Gasteiger partial charge < -0.3 is 10.2 Å². The van der Waals surface area contributed by atoms with Crippen molar-refractivity contribution in [3.8, 4) is 0 Å². The van der Waals surface area contributed by atoms with Crippen molar-refractivity contribution in [2.45, 2.75) is 46.5 Å². The molecule has 1 unspecified atom stereocenters. The summed E-state index contributed by atoms with van der Waals surface area (Å²) in [5.41, 5.74) is 0. The molecule has 0 aromatic rings. The molecule has 0 aliphatic carbocycles. The molecule has 0 radical (unpaired) electrons. The van der Waals surface area contributed by atoms with Crippen LogP contribution in [-0.2, 0) is 4.79 Å². The van der Waals surface area contributed by atoms with E-state index in [-0.39, 0.29) is 0 Å². The lowest BCUT2D eigenvalue weighted by Crippen LogP contribution is -2.44. The Morgan fingerprint density at radius 1 is 1.20 bits per heavy atom. The van der Waals surface area contributed by atoms with Gasteiger partial charge >= 0.3 is 0 Å². The van der Waals surface area contributed by atoms with Crippen LogP contribution >= 0.6 is 0 Å². The highest BCUT2D eigenvalue weighted by Crippen LogP contribution is 2.12. The van der Waals surface area contributed by atoms with Gasteiger partial charge in [-0.25, -0.2) is 0 Å². The summed E-state index contributed by atoms with van der Waals surface area (Å²) in [5, 5.41) is 3.46. The first-order valence-corrected chi connectivity index (χ1v) is 8.42. The predicted octanol–water partition coefficient (Wildman–Crippen LogP) is 1.96. The zero-order valence-electron chi connectivity index (χ0n) is 13.7. The van der Waals surface area contributed by atoms with Crippen LogP contribution in [-0.4, -0.2) is 61.5 Å². The number of likely N-dealkylation sites (N-methyl/N-ethyl adjacent to an activating group) is 1. The van der Waals surface area contributed by atoms with E-state index in [9.17, 15) is 4.79 Å². The molecule has 0 aromatic heterocycles. The second-order valence-electron chi connectivity index (χ2n) is 5.92. The quantitative estimate of drug-likeness (QED) is 0.702. The fourth-order valence-electron chi connectivity index (χ4n) is 2.94. The fraction of sp³-hybridized carbons (Fsp3) is 0.938. The molecule has 1 aliphatic heterocycles. The lowest BCUT2D eigenvalue weighted by Gasteiger charge is -2.31. The van der Waals surface area contributed by atoms with Crippen LogP contribution in [0.15, 0.2) is 0 Å². The minimum Gasteiger partial charge on any atom is -0.342 e. The lowest BCUT2D eigenvalue weighted by molar-refractivity contribution is -0.132. The van der Waals surface area contributed by atoms with E-state index in [0.29, 0.717) is 18.4 Å². The van der Waals surface area contributed by atoms with Crippen LogP contribution < -0.4 is 5.32 Å². The Morgan fingerprint density at radius 3 is 2.40 bits per heavy atom. The molecule has 4 heteroatoms. The summed E-state index contributed by atoms with van der Waals surface area (Å²) in [6.07, 6.45) is 4.66. The monoisotopic (exact) mass is 283 g/mol. The van der Waals surface area contributed by atoms with E-state index < -0.39 is 0 Å². The van der Waals surface area contributed by atoms with Crippen LogP contribution in [0.1, 0.15) is 46.5 Å². The largest absolute Gasteiger partial charge is 0.342 e. The van der Waals surface area contributed by atoms with E-state index in [4.69, 9.17) is 0 Å². The maximum atomic E-state index is 12.4. The van der Waals surface area contributed by atoms with Crippen molar-refractivity contribution < 1.29 is 4.79 Å². The number of amides is 1. The van der Waals surface area contributed by atoms with Crippen molar-refractivity contribution in [1.29, 1.82) is 0 Å². The van der Waals surface area contributed by atoms with Gasteiger partial charge in [-0.1, -0.05) is 20.8 Å². The fourth-order valence-corrected chi connectivity index (χ4v) is 2.94. The molecule has 1 saturated heterocycles. The number of rotatable bonds is 9. The number of nitrogens with zero attached hydrogens (tertiary/aromatic N) is 2. The van der Waals surface area contributed by atoms with Gasteiger partial charge in [0.1, 0.15) is 0 Å². The summed E-state index contributed by atoms with van der Waals surface area (Å²) in [7, 11) is 0. The van der Waals surface area contributed by atoms with Gasteiger partial charge in [0.05, 0.1) is 6.54 Å². The minimum atomic E-state index is 0.305. The van der Waals surface area contributed by atoms with Gasteiger partial charge in [-0.05, 0) is 51.2 Å². The average Bonchev–Trinajstić information content (AvgIpc) is 2.47. The molecule has 1 fully saturated rings. The van der Waals surface area contributed by atoms with Crippen LogP contribution in [0.5, 0.6) is 0 Å². The third-order valence-corrected chi connectivity index (χ3v) is 4.06. The summed E-state index contributed by atoms with van der Waals surface area (Å²) in [6.45, 7) is 13.1. The second-order valence-corrected chi connectivity index (χ2v) is 5.92. The summed E-state index contributed by atoms with van der Waals surface area (Å²) in [6, 6.07) is 0. The van der Waals surface area contributed by atoms with Crippen LogP contribution in [0, 0.1) is 5.92 Å². The molecule has 1 atom stereocenters.